The van der Waals surface area contributed by atoms with Gasteiger partial charge in [-0.15, -0.1) is 0 Å². The van der Waals surface area contributed by atoms with Crippen molar-refractivity contribution in [2.24, 2.45) is 5.73 Å². The summed E-state index contributed by atoms with van der Waals surface area (Å²) in [5, 5.41) is 26.2. The van der Waals surface area contributed by atoms with Crippen LogP contribution in [0.4, 0.5) is 0 Å². The van der Waals surface area contributed by atoms with Gasteiger partial charge in [-0.2, -0.15) is 25.3 Å². The van der Waals surface area contributed by atoms with E-state index in [1.165, 1.54) is 0 Å². The molecule has 0 aromatic rings. The summed E-state index contributed by atoms with van der Waals surface area (Å²) < 4.78 is 0. The second-order valence-electron chi connectivity index (χ2n) is 5.52. The van der Waals surface area contributed by atoms with E-state index in [4.69, 9.17) is 15.9 Å². The molecule has 0 bridgehead atoms. The minimum Gasteiger partial charge on any atom is -0.481 e. The highest BCUT2D eigenvalue weighted by Gasteiger charge is 2.26. The summed E-state index contributed by atoms with van der Waals surface area (Å²) in [5.74, 6) is -6.28. The third-order valence-corrected chi connectivity index (χ3v) is 4.00. The van der Waals surface area contributed by atoms with Gasteiger partial charge in [-0.25, -0.2) is 4.79 Å². The molecule has 0 aromatic heterocycles. The second-order valence-corrected chi connectivity index (χ2v) is 6.25. The van der Waals surface area contributed by atoms with Crippen molar-refractivity contribution in [1.82, 2.24) is 21.3 Å². The van der Waals surface area contributed by atoms with E-state index >= 15 is 0 Å². The van der Waals surface area contributed by atoms with E-state index in [1.54, 1.807) is 0 Å². The molecule has 29 heavy (non-hydrogen) atoms. The fourth-order valence-electron chi connectivity index (χ4n) is 1.82. The number of hydrogen-bond acceptors (Lipinski definition) is 9. The molecule has 0 unspecified atom stereocenters. The van der Waals surface area contributed by atoms with E-state index in [9.17, 15) is 28.8 Å². The maximum atomic E-state index is 12.1. The quantitative estimate of drug-likeness (QED) is 0.124. The fourth-order valence-corrected chi connectivity index (χ4v) is 2.34. The maximum Gasteiger partial charge on any atom is 0.326 e. The maximum absolute atomic E-state index is 12.1. The first-order valence-electron chi connectivity index (χ1n) is 8.08. The van der Waals surface area contributed by atoms with Gasteiger partial charge in [-0.05, 0) is 0 Å². The first-order chi connectivity index (χ1) is 13.5. The largest absolute Gasteiger partial charge is 0.481 e. The van der Waals surface area contributed by atoms with Crippen molar-refractivity contribution in [1.29, 1.82) is 0 Å². The van der Waals surface area contributed by atoms with Crippen LogP contribution in [0, 0.1) is 0 Å². The number of thiol groups is 2. The Hall–Kier alpha value is -2.52. The number of rotatable bonds is 13. The summed E-state index contributed by atoms with van der Waals surface area (Å²) in [6.07, 6.45) is -0.843. The molecule has 0 spiro atoms. The highest BCUT2D eigenvalue weighted by atomic mass is 32.1. The van der Waals surface area contributed by atoms with Crippen LogP contribution >= 0.6 is 25.3 Å². The molecule has 13 nitrogen and oxygen atoms in total. The molecule has 0 heterocycles. The predicted octanol–water partition coefficient (Wildman–Crippen LogP) is -4.07. The minimum atomic E-state index is -1.67. The molecule has 4 amide bonds. The van der Waals surface area contributed by atoms with E-state index in [1.807, 2.05) is 5.32 Å². The summed E-state index contributed by atoms with van der Waals surface area (Å²) in [4.78, 5) is 68.8. The number of carbonyl (C=O) groups excluding carboxylic acids is 4. The zero-order valence-electron chi connectivity index (χ0n) is 15.1. The summed E-state index contributed by atoms with van der Waals surface area (Å²) in [7, 11) is 0. The second kappa shape index (κ2) is 13.6. The molecule has 0 aliphatic heterocycles. The summed E-state index contributed by atoms with van der Waals surface area (Å²) >= 11 is 7.87. The zero-order chi connectivity index (χ0) is 22.6. The molecule has 0 aliphatic rings. The van der Waals surface area contributed by atoms with E-state index in [0.717, 1.165) is 0 Å². The van der Waals surface area contributed by atoms with Crippen molar-refractivity contribution in [3.8, 4) is 0 Å². The van der Waals surface area contributed by atoms with Crippen molar-refractivity contribution < 1.29 is 39.0 Å². The van der Waals surface area contributed by atoms with E-state index in [-0.39, 0.29) is 18.1 Å². The Bertz CT molecular complexity index is 647. The number of carbonyl (C=O) groups is 6. The average Bonchev–Trinajstić information content (AvgIpc) is 2.66. The van der Waals surface area contributed by atoms with E-state index < -0.39 is 66.7 Å². The molecule has 0 fully saturated rings. The van der Waals surface area contributed by atoms with Crippen LogP contribution in [0.25, 0.3) is 0 Å². The zero-order valence-corrected chi connectivity index (χ0v) is 16.9. The van der Waals surface area contributed by atoms with Crippen molar-refractivity contribution >= 4 is 60.8 Å². The third-order valence-electron chi connectivity index (χ3n) is 3.27. The van der Waals surface area contributed by atoms with Gasteiger partial charge in [-0.3, -0.25) is 24.0 Å². The van der Waals surface area contributed by atoms with Crippen LogP contribution in [0.15, 0.2) is 0 Å². The van der Waals surface area contributed by atoms with Crippen LogP contribution < -0.4 is 27.0 Å². The molecule has 0 aromatic carbocycles. The normalized spacial score (nSPS) is 13.3. The Morgan fingerprint density at radius 2 is 1.31 bits per heavy atom. The molecule has 15 heteroatoms. The average molecular weight is 453 g/mol. The molecule has 0 radical (unpaired) electrons. The van der Waals surface area contributed by atoms with Crippen molar-refractivity contribution in [3.05, 3.63) is 0 Å². The SMILES string of the molecule is NCC(=O)N[C@@H](CS)C(=O)N[C@@H](CS)C(=O)NCC(=O)N[C@@H](CC(=O)O)C(=O)O. The molecule has 0 aliphatic carbocycles. The summed E-state index contributed by atoms with van der Waals surface area (Å²) in [6.45, 7) is -1.01. The van der Waals surface area contributed by atoms with Gasteiger partial charge in [-0.1, -0.05) is 0 Å². The molecule has 0 rings (SSSR count). The summed E-state index contributed by atoms with van der Waals surface area (Å²) in [5.41, 5.74) is 5.15. The lowest BCUT2D eigenvalue weighted by Gasteiger charge is -2.21. The van der Waals surface area contributed by atoms with Crippen LogP contribution in [0.3, 0.4) is 0 Å². The molecular weight excluding hydrogens is 430 g/mol. The number of hydrogen-bond donors (Lipinski definition) is 9. The third kappa shape index (κ3) is 10.6. The van der Waals surface area contributed by atoms with Gasteiger partial charge in [0.05, 0.1) is 19.5 Å². The predicted molar refractivity (Wildman–Crippen MR) is 105 cm³/mol. The Kier molecular flexibility index (Phi) is 12.4. The lowest BCUT2D eigenvalue weighted by Crippen LogP contribution is -2.56. The number of carboxylic acids is 2. The van der Waals surface area contributed by atoms with Crippen LogP contribution in [0.5, 0.6) is 0 Å². The Morgan fingerprint density at radius 1 is 0.793 bits per heavy atom. The van der Waals surface area contributed by atoms with Crippen molar-refractivity contribution in [2.75, 3.05) is 24.6 Å². The van der Waals surface area contributed by atoms with Crippen molar-refractivity contribution in [3.63, 3.8) is 0 Å². The molecule has 8 N–H and O–H groups in total. The Morgan fingerprint density at radius 3 is 1.76 bits per heavy atom. The van der Waals surface area contributed by atoms with Gasteiger partial charge in [0.2, 0.25) is 23.6 Å². The number of amides is 4. The molecular formula is C14H23N5O8S2. The van der Waals surface area contributed by atoms with Gasteiger partial charge < -0.3 is 37.2 Å². The highest BCUT2D eigenvalue weighted by Crippen LogP contribution is 1.95. The lowest BCUT2D eigenvalue weighted by atomic mass is 10.2. The summed E-state index contributed by atoms with van der Waals surface area (Å²) in [6, 6.07) is -3.90. The topological polar surface area (TPSA) is 217 Å². The highest BCUT2D eigenvalue weighted by molar-refractivity contribution is 7.80. The lowest BCUT2D eigenvalue weighted by molar-refractivity contribution is -0.147. The Balaban J connectivity index is 4.72. The van der Waals surface area contributed by atoms with Gasteiger partial charge in [0.15, 0.2) is 0 Å². The molecule has 0 saturated heterocycles. The molecule has 164 valence electrons. The van der Waals surface area contributed by atoms with Gasteiger partial charge in [0.1, 0.15) is 18.1 Å². The number of carboxylic acid groups (broad SMARTS) is 2. The van der Waals surface area contributed by atoms with Crippen LogP contribution in [0.2, 0.25) is 0 Å². The first-order valence-corrected chi connectivity index (χ1v) is 9.35. The van der Waals surface area contributed by atoms with Crippen molar-refractivity contribution in [2.45, 2.75) is 24.5 Å². The fraction of sp³-hybridized carbons (Fsp3) is 0.571. The molecule has 0 saturated carbocycles. The number of nitrogens with two attached hydrogens (primary N) is 1. The number of nitrogens with one attached hydrogen (secondary N) is 4. The first kappa shape index (κ1) is 26.5. The van der Waals surface area contributed by atoms with E-state index in [0.29, 0.717) is 0 Å². The van der Waals surface area contributed by atoms with Crippen LogP contribution in [-0.2, 0) is 28.8 Å². The van der Waals surface area contributed by atoms with Gasteiger partial charge in [0, 0.05) is 11.5 Å². The standard InChI is InChI=1S/C14H23N5O8S2/c15-2-9(20)18-8(5-29)13(25)19-7(4-28)12(24)16-3-10(21)17-6(14(26)27)1-11(22)23/h6-8,28-29H,1-5,15H2,(H,16,24)(H,17,21)(H,18,20)(H,19,25)(H,22,23)(H,26,27)/t6-,7-,8-/m0/s1. The van der Waals surface area contributed by atoms with Crippen LogP contribution in [-0.4, -0.2) is 88.5 Å². The van der Waals surface area contributed by atoms with Crippen LogP contribution in [0.1, 0.15) is 6.42 Å². The minimum absolute atomic E-state index is 0.0684. The molecule has 3 atom stereocenters. The smallest absolute Gasteiger partial charge is 0.326 e. The Labute approximate surface area is 176 Å². The van der Waals surface area contributed by atoms with Gasteiger partial charge >= 0.3 is 11.9 Å². The van der Waals surface area contributed by atoms with Gasteiger partial charge in [0.25, 0.3) is 0 Å². The van der Waals surface area contributed by atoms with E-state index in [2.05, 4.69) is 41.2 Å². The monoisotopic (exact) mass is 453 g/mol. The number of aliphatic carboxylic acids is 2.